The second kappa shape index (κ2) is 5.68. The summed E-state index contributed by atoms with van der Waals surface area (Å²) in [6.07, 6.45) is -19.8. The van der Waals surface area contributed by atoms with Crippen LogP contribution in [0.15, 0.2) is 0 Å². The van der Waals surface area contributed by atoms with Gasteiger partial charge in [0.15, 0.2) is 5.44 Å². The summed E-state index contributed by atoms with van der Waals surface area (Å²) >= 11 is 0. The molecule has 0 aliphatic heterocycles. The van der Waals surface area contributed by atoms with Crippen LogP contribution in [0.3, 0.4) is 0 Å². The molecule has 2 N–H and O–H groups in total. The average Bonchev–Trinajstić information content (AvgIpc) is 2.33. The molecule has 0 aromatic heterocycles. The van der Waals surface area contributed by atoms with Crippen LogP contribution in [0.4, 0.5) is 0 Å². The molecule has 13 heavy (non-hydrogen) atoms. The predicted molar refractivity (Wildman–Crippen MR) is 49.9 cm³/mol. The van der Waals surface area contributed by atoms with Gasteiger partial charge in [0.25, 0.3) is 10.1 Å². The molecule has 0 bridgehead atoms. The molecule has 0 saturated heterocycles. The van der Waals surface area contributed by atoms with Gasteiger partial charge < -0.3 is 5.11 Å². The van der Waals surface area contributed by atoms with Gasteiger partial charge in [-0.3, -0.25) is 4.55 Å². The maximum atomic E-state index is 11.1. The normalized spacial score (nSPS) is 56.3. The van der Waals surface area contributed by atoms with Crippen LogP contribution in [0.1, 0.15) is 46.9 Å². The van der Waals surface area contributed by atoms with E-state index in [-0.39, 0.29) is 29.6 Å². The predicted octanol–water partition coefficient (Wildman–Crippen LogP) is 0.392. The maximum absolute atomic E-state index is 11.1. The van der Waals surface area contributed by atoms with E-state index in [2.05, 4.69) is 0 Å². The summed E-state index contributed by atoms with van der Waals surface area (Å²) in [6, 6.07) is 0. The van der Waals surface area contributed by atoms with Gasteiger partial charge >= 0.3 is 0 Å². The molecule has 4 nitrogen and oxygen atoms in total. The average molecular weight is 228 g/mol. The summed E-state index contributed by atoms with van der Waals surface area (Å²) in [6.45, 7) is 0. The zero-order valence-electron chi connectivity index (χ0n) is 17.7. The minimum Gasteiger partial charge on any atom is -0.375 e. The smallest absolute Gasteiger partial charge is 0.292 e. The van der Waals surface area contributed by atoms with Crippen molar-refractivity contribution in [1.82, 2.24) is 0 Å². The van der Waals surface area contributed by atoms with Crippen molar-refractivity contribution in [3.8, 4) is 0 Å². The van der Waals surface area contributed by atoms with E-state index in [0.717, 1.165) is 0 Å². The Morgan fingerprint density at radius 2 is 1.85 bits per heavy atom. The van der Waals surface area contributed by atoms with E-state index in [1.165, 1.54) is 0 Å². The van der Waals surface area contributed by atoms with Crippen LogP contribution in [0, 0.1) is 5.89 Å². The Balaban J connectivity index is 0.00000529. The molecular weight excluding hydrogens is 203 g/mol. The molecule has 1 radical (unpaired) electrons. The Hall–Kier alpha value is 0.870. The molecule has 1 aliphatic rings. The molecule has 1 rings (SSSR count). The minimum atomic E-state index is -5.71. The zero-order chi connectivity index (χ0) is 19.1. The van der Waals surface area contributed by atoms with Crippen molar-refractivity contribution in [3.05, 3.63) is 0 Å². The number of hydrogen-bond acceptors (Lipinski definition) is 3. The van der Waals surface area contributed by atoms with Crippen LogP contribution >= 0.6 is 0 Å². The van der Waals surface area contributed by atoms with Crippen LogP contribution < -0.4 is 0 Å². The minimum absolute atomic E-state index is 0. The van der Waals surface area contributed by atoms with Crippen molar-refractivity contribution in [2.24, 2.45) is 5.89 Å². The first-order chi connectivity index (χ1) is 9.65. The van der Waals surface area contributed by atoms with Crippen LogP contribution in [0.5, 0.6) is 0 Å². The third-order valence-corrected chi connectivity index (χ3v) is 1.85. The van der Waals surface area contributed by atoms with E-state index < -0.39 is 53.3 Å². The van der Waals surface area contributed by atoms with E-state index >= 15 is 0 Å². The van der Waals surface area contributed by atoms with Crippen molar-refractivity contribution in [3.63, 3.8) is 0 Å². The van der Waals surface area contributed by atoms with Crippen LogP contribution in [-0.4, -0.2) is 53.1 Å². The molecule has 1 saturated carbocycles. The first-order valence-electron chi connectivity index (χ1n) is 8.30. The summed E-state index contributed by atoms with van der Waals surface area (Å²) in [5, 5.41) is 9.61. The SMILES string of the molecule is [2H]C1([2H])C([2H])([2H])C([2H])([2H])C([2H])(C(O)S(=O)(=O)O)C([2H])([2H])C1([2H])[2H].[Na]. The fraction of sp³-hybridized carbons (Fsp3) is 1.00. The van der Waals surface area contributed by atoms with Gasteiger partial charge in [0.05, 0.1) is 0 Å². The summed E-state index contributed by atoms with van der Waals surface area (Å²) in [5.74, 6) is -4.12. The molecule has 1 aliphatic carbocycles. The Morgan fingerprint density at radius 1 is 1.38 bits per heavy atom. The summed E-state index contributed by atoms with van der Waals surface area (Å²) in [4.78, 5) is 0. The molecule has 0 aromatic rings. The summed E-state index contributed by atoms with van der Waals surface area (Å²) in [7, 11) is -5.71. The van der Waals surface area contributed by atoms with Crippen molar-refractivity contribution in [1.29, 1.82) is 0 Å². The number of aliphatic hydroxyl groups excluding tert-OH is 1. The summed E-state index contributed by atoms with van der Waals surface area (Å²) < 4.78 is 114. The Bertz CT molecular complexity index is 588. The van der Waals surface area contributed by atoms with Gasteiger partial charge in [0.2, 0.25) is 0 Å². The Labute approximate surface area is 116 Å². The molecule has 0 heterocycles. The molecule has 1 atom stereocenters. The topological polar surface area (TPSA) is 74.6 Å². The van der Waals surface area contributed by atoms with Gasteiger partial charge in [-0.05, 0) is 12.7 Å². The van der Waals surface area contributed by atoms with Crippen molar-refractivity contribution in [2.75, 3.05) is 0 Å². The molecule has 1 unspecified atom stereocenters. The molecule has 0 aromatic carbocycles. The van der Waals surface area contributed by atoms with Crippen LogP contribution in [0.25, 0.3) is 0 Å². The number of aliphatic hydroxyl groups is 1. The van der Waals surface area contributed by atoms with Gasteiger partial charge in [-0.1, -0.05) is 19.1 Å². The molecule has 1 fully saturated rings. The van der Waals surface area contributed by atoms with E-state index in [1.807, 2.05) is 0 Å². The van der Waals surface area contributed by atoms with Crippen molar-refractivity contribution in [2.45, 2.75) is 37.3 Å². The second-order valence-corrected chi connectivity index (χ2v) is 3.38. The maximum Gasteiger partial charge on any atom is 0.292 e. The fourth-order valence-electron chi connectivity index (χ4n) is 0.532. The van der Waals surface area contributed by atoms with Gasteiger partial charge in [0.1, 0.15) is 0 Å². The van der Waals surface area contributed by atoms with Gasteiger partial charge in [-0.15, -0.1) is 0 Å². The first-order valence-corrected chi connectivity index (χ1v) is 4.30. The van der Waals surface area contributed by atoms with Crippen LogP contribution in [0.2, 0.25) is 0 Å². The fourth-order valence-corrected chi connectivity index (χ4v) is 0.948. The Morgan fingerprint density at radius 3 is 2.23 bits per heavy atom. The molecule has 0 amide bonds. The molecule has 73 valence electrons. The van der Waals surface area contributed by atoms with E-state index in [9.17, 15) is 13.5 Å². The van der Waals surface area contributed by atoms with Gasteiger partial charge in [0, 0.05) is 50.5 Å². The van der Waals surface area contributed by atoms with Crippen molar-refractivity contribution >= 4 is 39.7 Å². The summed E-state index contributed by atoms with van der Waals surface area (Å²) in [5.41, 5.74) is -3.57. The van der Waals surface area contributed by atoms with Gasteiger partial charge in [-0.25, -0.2) is 0 Å². The number of rotatable bonds is 2. The second-order valence-electron chi connectivity index (χ2n) is 1.91. The van der Waals surface area contributed by atoms with Gasteiger partial charge in [-0.2, -0.15) is 8.42 Å². The van der Waals surface area contributed by atoms with E-state index in [0.29, 0.717) is 0 Å². The molecular formula is C7H14NaO4S. The first kappa shape index (κ1) is 4.03. The third-order valence-electron chi connectivity index (χ3n) is 1.05. The van der Waals surface area contributed by atoms with Crippen molar-refractivity contribution < 1.29 is 33.2 Å². The quantitative estimate of drug-likeness (QED) is 0.529. The van der Waals surface area contributed by atoms with Crippen LogP contribution in [-0.2, 0) is 10.1 Å². The third kappa shape index (κ3) is 4.27. The molecule has 6 heteroatoms. The zero-order valence-corrected chi connectivity index (χ0v) is 9.51. The van der Waals surface area contributed by atoms with E-state index in [4.69, 9.17) is 19.6 Å². The monoisotopic (exact) mass is 228 g/mol. The molecule has 0 spiro atoms. The Kier molecular flexibility index (Phi) is 1.76. The largest absolute Gasteiger partial charge is 0.375 e. The van der Waals surface area contributed by atoms with E-state index in [1.54, 1.807) is 0 Å². The number of hydrogen-bond donors (Lipinski definition) is 2. The standard InChI is InChI=1S/C7H14O4S.Na/c8-7(12(9,10)11)6-4-2-1-3-5-6;/h6-8H,1-5H2,(H,9,10,11);/i1D2,2D2,3D2,4D2,5D2,6D;.